The van der Waals surface area contributed by atoms with Crippen molar-refractivity contribution in [1.82, 2.24) is 5.32 Å². The Morgan fingerprint density at radius 1 is 1.65 bits per heavy atom. The molecule has 2 N–H and O–H groups in total. The van der Waals surface area contributed by atoms with Crippen LogP contribution in [-0.2, 0) is 4.79 Å². The number of halogens is 1. The summed E-state index contributed by atoms with van der Waals surface area (Å²) in [4.78, 5) is 11.8. The van der Waals surface area contributed by atoms with Crippen molar-refractivity contribution in [3.8, 4) is 6.07 Å². The largest absolute Gasteiger partial charge is 0.323 e. The lowest BCUT2D eigenvalue weighted by atomic mass is 10.2. The number of benzene rings is 1. The molecule has 1 fully saturated rings. The maximum atomic E-state index is 11.8. The van der Waals surface area contributed by atoms with Crippen molar-refractivity contribution < 1.29 is 4.79 Å². The van der Waals surface area contributed by atoms with Gasteiger partial charge in [-0.05, 0) is 18.2 Å². The molecule has 0 radical (unpaired) electrons. The molecule has 88 valence electrons. The highest BCUT2D eigenvalue weighted by molar-refractivity contribution is 7.99. The average molecular weight is 268 g/mol. The Balaban J connectivity index is 2.08. The first-order valence-corrected chi connectivity index (χ1v) is 6.55. The number of amides is 1. The SMILES string of the molecule is N#Cc1ccc(NC(=O)C2CSCN2)c(Cl)c1. The van der Waals surface area contributed by atoms with E-state index in [1.54, 1.807) is 23.9 Å². The summed E-state index contributed by atoms with van der Waals surface area (Å²) in [5.74, 6) is 1.46. The minimum Gasteiger partial charge on any atom is -0.323 e. The van der Waals surface area contributed by atoms with Crippen LogP contribution in [0.4, 0.5) is 5.69 Å². The fourth-order valence-electron chi connectivity index (χ4n) is 1.47. The summed E-state index contributed by atoms with van der Waals surface area (Å²) in [5, 5.41) is 14.9. The van der Waals surface area contributed by atoms with Crippen LogP contribution in [0.5, 0.6) is 0 Å². The van der Waals surface area contributed by atoms with Crippen LogP contribution in [0.2, 0.25) is 5.02 Å². The first-order chi connectivity index (χ1) is 8.20. The molecule has 1 amide bonds. The molecule has 1 unspecified atom stereocenters. The standard InChI is InChI=1S/C11H10ClN3OS/c12-8-3-7(4-13)1-2-9(8)15-11(16)10-5-17-6-14-10/h1-3,10,14H,5-6H2,(H,15,16). The fourth-order valence-corrected chi connectivity index (χ4v) is 2.64. The monoisotopic (exact) mass is 267 g/mol. The van der Waals surface area contributed by atoms with Gasteiger partial charge in [-0.3, -0.25) is 10.1 Å². The Hall–Kier alpha value is -1.22. The second kappa shape index (κ2) is 5.41. The van der Waals surface area contributed by atoms with Gasteiger partial charge in [0.25, 0.3) is 0 Å². The first kappa shape index (κ1) is 12.2. The predicted molar refractivity (Wildman–Crippen MR) is 69.0 cm³/mol. The number of hydrogen-bond acceptors (Lipinski definition) is 4. The van der Waals surface area contributed by atoms with Crippen LogP contribution in [-0.4, -0.2) is 23.6 Å². The summed E-state index contributed by atoms with van der Waals surface area (Å²) in [7, 11) is 0. The summed E-state index contributed by atoms with van der Waals surface area (Å²) in [6.07, 6.45) is 0. The Labute approximate surface area is 108 Å². The summed E-state index contributed by atoms with van der Waals surface area (Å²) in [5.41, 5.74) is 1.01. The maximum Gasteiger partial charge on any atom is 0.242 e. The molecule has 17 heavy (non-hydrogen) atoms. The van der Waals surface area contributed by atoms with Crippen molar-refractivity contribution in [2.24, 2.45) is 0 Å². The molecule has 0 spiro atoms. The molecule has 1 aliphatic heterocycles. The molecule has 2 rings (SSSR count). The van der Waals surface area contributed by atoms with Crippen molar-refractivity contribution in [2.75, 3.05) is 16.9 Å². The molecule has 4 nitrogen and oxygen atoms in total. The average Bonchev–Trinajstić information content (AvgIpc) is 2.85. The Kier molecular flexibility index (Phi) is 3.89. The second-order valence-electron chi connectivity index (χ2n) is 3.57. The minimum absolute atomic E-state index is 0.0957. The van der Waals surface area contributed by atoms with Crippen molar-refractivity contribution in [1.29, 1.82) is 5.26 Å². The lowest BCUT2D eigenvalue weighted by Crippen LogP contribution is -2.37. The second-order valence-corrected chi connectivity index (χ2v) is 5.00. The van der Waals surface area contributed by atoms with Gasteiger partial charge in [-0.1, -0.05) is 11.6 Å². The van der Waals surface area contributed by atoms with Crippen molar-refractivity contribution in [3.63, 3.8) is 0 Å². The number of nitriles is 1. The molecule has 6 heteroatoms. The number of rotatable bonds is 2. The fraction of sp³-hybridized carbons (Fsp3) is 0.273. The van der Waals surface area contributed by atoms with Gasteiger partial charge in [-0.25, -0.2) is 0 Å². The van der Waals surface area contributed by atoms with Gasteiger partial charge in [0.15, 0.2) is 0 Å². The van der Waals surface area contributed by atoms with Crippen molar-refractivity contribution >= 4 is 35.0 Å². The summed E-state index contributed by atoms with van der Waals surface area (Å²) in [6, 6.07) is 6.62. The van der Waals surface area contributed by atoms with E-state index in [1.807, 2.05) is 6.07 Å². The number of anilines is 1. The van der Waals surface area contributed by atoms with E-state index < -0.39 is 0 Å². The molecule has 0 saturated carbocycles. The van der Waals surface area contributed by atoms with E-state index in [9.17, 15) is 4.79 Å². The van der Waals surface area contributed by atoms with Gasteiger partial charge in [-0.15, -0.1) is 11.8 Å². The number of carbonyl (C=O) groups is 1. The first-order valence-electron chi connectivity index (χ1n) is 5.02. The van der Waals surface area contributed by atoms with Gasteiger partial charge < -0.3 is 5.32 Å². The summed E-state index contributed by atoms with van der Waals surface area (Å²) < 4.78 is 0. The van der Waals surface area contributed by atoms with Crippen molar-refractivity contribution in [3.05, 3.63) is 28.8 Å². The number of carbonyl (C=O) groups excluding carboxylic acids is 1. The number of nitrogens with one attached hydrogen (secondary N) is 2. The summed E-state index contributed by atoms with van der Waals surface area (Å²) >= 11 is 7.65. The van der Waals surface area contributed by atoms with E-state index >= 15 is 0 Å². The maximum absolute atomic E-state index is 11.8. The van der Waals surface area contributed by atoms with E-state index in [1.165, 1.54) is 6.07 Å². The number of thioether (sulfide) groups is 1. The van der Waals surface area contributed by atoms with E-state index in [2.05, 4.69) is 10.6 Å². The van der Waals surface area contributed by atoms with Crippen molar-refractivity contribution in [2.45, 2.75) is 6.04 Å². The van der Waals surface area contributed by atoms with Gasteiger partial charge in [-0.2, -0.15) is 5.26 Å². The molecule has 1 saturated heterocycles. The lowest BCUT2D eigenvalue weighted by molar-refractivity contribution is -0.117. The Morgan fingerprint density at radius 2 is 2.47 bits per heavy atom. The predicted octanol–water partition coefficient (Wildman–Crippen LogP) is 1.81. The molecule has 1 aliphatic rings. The third-order valence-electron chi connectivity index (χ3n) is 2.39. The summed E-state index contributed by atoms with van der Waals surface area (Å²) in [6.45, 7) is 0. The number of hydrogen-bond donors (Lipinski definition) is 2. The quantitative estimate of drug-likeness (QED) is 0.858. The van der Waals surface area contributed by atoms with Gasteiger partial charge in [0.05, 0.1) is 28.4 Å². The van der Waals surface area contributed by atoms with E-state index in [4.69, 9.17) is 16.9 Å². The highest BCUT2D eigenvalue weighted by atomic mass is 35.5. The molecule has 0 aromatic heterocycles. The van der Waals surface area contributed by atoms with Crippen LogP contribution in [0.25, 0.3) is 0 Å². The molecule has 1 heterocycles. The zero-order valence-corrected chi connectivity index (χ0v) is 10.4. The molecule has 0 aliphatic carbocycles. The third-order valence-corrected chi connectivity index (χ3v) is 3.64. The zero-order chi connectivity index (χ0) is 12.3. The topological polar surface area (TPSA) is 64.9 Å². The smallest absolute Gasteiger partial charge is 0.242 e. The Bertz CT molecular complexity index is 480. The van der Waals surface area contributed by atoms with Gasteiger partial charge >= 0.3 is 0 Å². The zero-order valence-electron chi connectivity index (χ0n) is 8.87. The van der Waals surface area contributed by atoms with Crippen LogP contribution < -0.4 is 10.6 Å². The van der Waals surface area contributed by atoms with Crippen LogP contribution in [0.1, 0.15) is 5.56 Å². The molecule has 1 atom stereocenters. The third kappa shape index (κ3) is 2.91. The van der Waals surface area contributed by atoms with Crippen LogP contribution in [0.15, 0.2) is 18.2 Å². The highest BCUT2D eigenvalue weighted by Crippen LogP contribution is 2.23. The molecule has 1 aromatic rings. The van der Waals surface area contributed by atoms with E-state index in [0.29, 0.717) is 16.3 Å². The van der Waals surface area contributed by atoms with Crippen LogP contribution in [0.3, 0.4) is 0 Å². The van der Waals surface area contributed by atoms with Gasteiger partial charge in [0, 0.05) is 11.6 Å². The van der Waals surface area contributed by atoms with Crippen LogP contribution in [0, 0.1) is 11.3 Å². The minimum atomic E-state index is -0.174. The molecular weight excluding hydrogens is 258 g/mol. The highest BCUT2D eigenvalue weighted by Gasteiger charge is 2.22. The van der Waals surface area contributed by atoms with E-state index in [0.717, 1.165) is 11.6 Å². The lowest BCUT2D eigenvalue weighted by Gasteiger charge is -2.11. The van der Waals surface area contributed by atoms with Gasteiger partial charge in [0.2, 0.25) is 5.91 Å². The Morgan fingerprint density at radius 3 is 3.06 bits per heavy atom. The van der Waals surface area contributed by atoms with Crippen LogP contribution >= 0.6 is 23.4 Å². The molecule has 0 bridgehead atoms. The molecular formula is C11H10ClN3OS. The van der Waals surface area contributed by atoms with E-state index in [-0.39, 0.29) is 11.9 Å². The van der Waals surface area contributed by atoms with Gasteiger partial charge in [0.1, 0.15) is 0 Å². The molecule has 1 aromatic carbocycles. The number of nitrogens with zero attached hydrogens (tertiary/aromatic N) is 1. The normalized spacial score (nSPS) is 18.7.